The van der Waals surface area contributed by atoms with Crippen LogP contribution in [0.3, 0.4) is 0 Å². The Balaban J connectivity index is 2.20. The molecule has 1 fully saturated rings. The topological polar surface area (TPSA) is 56.1 Å². The highest BCUT2D eigenvalue weighted by atomic mass is 16.5. The maximum atomic E-state index is 11.8. The zero-order valence-electron chi connectivity index (χ0n) is 10.6. The first-order valence-corrected chi connectivity index (χ1v) is 5.90. The van der Waals surface area contributed by atoms with Crippen LogP contribution in [0.25, 0.3) is 0 Å². The predicted molar refractivity (Wildman–Crippen MR) is 65.2 cm³/mol. The molecule has 1 N–H and O–H groups in total. The van der Waals surface area contributed by atoms with Gasteiger partial charge in [-0.25, -0.2) is 4.98 Å². The fourth-order valence-electron chi connectivity index (χ4n) is 2.06. The van der Waals surface area contributed by atoms with Crippen LogP contribution in [0.5, 0.6) is 5.88 Å². The van der Waals surface area contributed by atoms with Crippen LogP contribution >= 0.6 is 0 Å². The summed E-state index contributed by atoms with van der Waals surface area (Å²) in [5, 5.41) is 3.33. The molecule has 0 spiro atoms. The van der Waals surface area contributed by atoms with Crippen LogP contribution in [0.4, 0.5) is 0 Å². The highest BCUT2D eigenvalue weighted by Gasteiger charge is 2.34. The average molecular weight is 237 g/mol. The number of hydrogen-bond acceptors (Lipinski definition) is 4. The lowest BCUT2D eigenvalue weighted by atomic mass is 9.82. The second-order valence-electron chi connectivity index (χ2n) is 5.21. The molecule has 0 aromatic carbocycles. The molecule has 2 rings (SSSR count). The summed E-state index contributed by atoms with van der Waals surface area (Å²) >= 11 is 0. The van der Waals surface area contributed by atoms with E-state index in [1.165, 1.54) is 4.57 Å². The Morgan fingerprint density at radius 3 is 3.06 bits per heavy atom. The van der Waals surface area contributed by atoms with Gasteiger partial charge in [0.2, 0.25) is 0 Å². The minimum atomic E-state index is -0.179. The van der Waals surface area contributed by atoms with Gasteiger partial charge in [0.15, 0.2) is 0 Å². The van der Waals surface area contributed by atoms with Gasteiger partial charge in [-0.05, 0) is 13.0 Å². The number of hydrogen-bond donors (Lipinski definition) is 1. The summed E-state index contributed by atoms with van der Waals surface area (Å²) in [4.78, 5) is 15.8. The lowest BCUT2D eigenvalue weighted by molar-refractivity contribution is 0.0398. The van der Waals surface area contributed by atoms with Crippen molar-refractivity contribution in [1.29, 1.82) is 0 Å². The van der Waals surface area contributed by atoms with Gasteiger partial charge in [0.1, 0.15) is 6.10 Å². The van der Waals surface area contributed by atoms with Gasteiger partial charge in [0, 0.05) is 31.4 Å². The first-order chi connectivity index (χ1) is 8.00. The number of piperidine rings is 1. The molecule has 1 aromatic heterocycles. The maximum Gasteiger partial charge on any atom is 0.313 e. The van der Waals surface area contributed by atoms with E-state index >= 15 is 0 Å². The predicted octanol–water partition coefficient (Wildman–Crippen LogP) is 0.547. The number of nitrogens with zero attached hydrogens (tertiary/aromatic N) is 2. The number of rotatable bonds is 2. The van der Waals surface area contributed by atoms with Gasteiger partial charge in [-0.1, -0.05) is 13.8 Å². The van der Waals surface area contributed by atoms with E-state index in [4.69, 9.17) is 4.74 Å². The van der Waals surface area contributed by atoms with Crippen molar-refractivity contribution in [3.05, 3.63) is 22.7 Å². The van der Waals surface area contributed by atoms with Gasteiger partial charge < -0.3 is 14.6 Å². The molecule has 0 amide bonds. The van der Waals surface area contributed by atoms with Crippen LogP contribution < -0.4 is 15.6 Å². The van der Waals surface area contributed by atoms with Crippen LogP contribution in [0.15, 0.2) is 17.2 Å². The van der Waals surface area contributed by atoms with E-state index in [0.717, 1.165) is 19.5 Å². The highest BCUT2D eigenvalue weighted by molar-refractivity contribution is 5.06. The van der Waals surface area contributed by atoms with Crippen molar-refractivity contribution in [2.45, 2.75) is 26.4 Å². The highest BCUT2D eigenvalue weighted by Crippen LogP contribution is 2.27. The SMILES string of the molecule is Cn1ccnc(OC2CCNCC2(C)C)c1=O. The van der Waals surface area contributed by atoms with Crippen molar-refractivity contribution in [2.75, 3.05) is 13.1 Å². The molecule has 1 saturated heterocycles. The average Bonchev–Trinajstić information content (AvgIpc) is 2.27. The Morgan fingerprint density at radius 1 is 1.59 bits per heavy atom. The van der Waals surface area contributed by atoms with Crippen molar-refractivity contribution in [3.8, 4) is 5.88 Å². The minimum Gasteiger partial charge on any atom is -0.470 e. The van der Waals surface area contributed by atoms with Gasteiger partial charge in [-0.15, -0.1) is 0 Å². The molecule has 5 heteroatoms. The second-order valence-corrected chi connectivity index (χ2v) is 5.21. The molecule has 94 valence electrons. The van der Waals surface area contributed by atoms with Crippen LogP contribution in [0.2, 0.25) is 0 Å². The lowest BCUT2D eigenvalue weighted by Gasteiger charge is -2.38. The standard InChI is InChI=1S/C12H19N3O2/c1-12(2)8-13-5-4-9(12)17-10-11(16)15(3)7-6-14-10/h6-7,9,13H,4-5,8H2,1-3H3. The van der Waals surface area contributed by atoms with E-state index in [0.29, 0.717) is 0 Å². The molecular formula is C12H19N3O2. The van der Waals surface area contributed by atoms with E-state index in [9.17, 15) is 4.79 Å². The van der Waals surface area contributed by atoms with Gasteiger partial charge in [0.05, 0.1) is 0 Å². The number of nitrogens with one attached hydrogen (secondary N) is 1. The Morgan fingerprint density at radius 2 is 2.35 bits per heavy atom. The Labute approximate surface area is 101 Å². The van der Waals surface area contributed by atoms with Crippen molar-refractivity contribution >= 4 is 0 Å². The molecule has 1 aromatic rings. The third-order valence-corrected chi connectivity index (χ3v) is 3.27. The summed E-state index contributed by atoms with van der Waals surface area (Å²) < 4.78 is 7.28. The summed E-state index contributed by atoms with van der Waals surface area (Å²) in [6.45, 7) is 6.08. The molecule has 0 radical (unpaired) electrons. The van der Waals surface area contributed by atoms with E-state index in [1.54, 1.807) is 19.4 Å². The molecule has 0 bridgehead atoms. The number of aromatic nitrogens is 2. The van der Waals surface area contributed by atoms with Crippen LogP contribution in [0, 0.1) is 5.41 Å². The molecular weight excluding hydrogens is 218 g/mol. The number of ether oxygens (including phenoxy) is 1. The summed E-state index contributed by atoms with van der Waals surface area (Å²) in [6.07, 6.45) is 4.15. The molecule has 2 heterocycles. The Bertz CT molecular complexity index is 453. The molecule has 0 aliphatic carbocycles. The molecule has 1 atom stereocenters. The van der Waals surface area contributed by atoms with Gasteiger partial charge in [0.25, 0.3) is 5.88 Å². The normalized spacial score (nSPS) is 23.4. The zero-order chi connectivity index (χ0) is 12.5. The van der Waals surface area contributed by atoms with Crippen molar-refractivity contribution in [1.82, 2.24) is 14.9 Å². The van der Waals surface area contributed by atoms with Crippen molar-refractivity contribution in [2.24, 2.45) is 12.5 Å². The van der Waals surface area contributed by atoms with Crippen LogP contribution in [-0.2, 0) is 7.05 Å². The Kier molecular flexibility index (Phi) is 3.19. The van der Waals surface area contributed by atoms with Crippen molar-refractivity contribution < 1.29 is 4.74 Å². The van der Waals surface area contributed by atoms with E-state index in [-0.39, 0.29) is 23.0 Å². The first kappa shape index (κ1) is 12.1. The summed E-state index contributed by atoms with van der Waals surface area (Å²) in [7, 11) is 1.70. The third-order valence-electron chi connectivity index (χ3n) is 3.27. The maximum absolute atomic E-state index is 11.8. The minimum absolute atomic E-state index is 0.0147. The fraction of sp³-hybridized carbons (Fsp3) is 0.667. The smallest absolute Gasteiger partial charge is 0.313 e. The molecule has 0 saturated carbocycles. The van der Waals surface area contributed by atoms with E-state index in [2.05, 4.69) is 24.1 Å². The second kappa shape index (κ2) is 4.49. The fourth-order valence-corrected chi connectivity index (χ4v) is 2.06. The van der Waals surface area contributed by atoms with E-state index in [1.807, 2.05) is 0 Å². The molecule has 1 unspecified atom stereocenters. The largest absolute Gasteiger partial charge is 0.470 e. The molecule has 17 heavy (non-hydrogen) atoms. The molecule has 5 nitrogen and oxygen atoms in total. The monoisotopic (exact) mass is 237 g/mol. The Hall–Kier alpha value is -1.36. The first-order valence-electron chi connectivity index (χ1n) is 5.90. The van der Waals surface area contributed by atoms with Gasteiger partial charge in [-0.2, -0.15) is 0 Å². The lowest BCUT2D eigenvalue weighted by Crippen LogP contribution is -2.49. The quantitative estimate of drug-likeness (QED) is 0.816. The molecule has 1 aliphatic rings. The summed E-state index contributed by atoms with van der Waals surface area (Å²) in [5.41, 5.74) is -0.164. The van der Waals surface area contributed by atoms with Crippen LogP contribution in [-0.4, -0.2) is 28.7 Å². The summed E-state index contributed by atoms with van der Waals surface area (Å²) in [5.74, 6) is 0.204. The summed E-state index contributed by atoms with van der Waals surface area (Å²) in [6, 6.07) is 0. The molecule has 1 aliphatic heterocycles. The third kappa shape index (κ3) is 2.49. The van der Waals surface area contributed by atoms with Gasteiger partial charge >= 0.3 is 5.56 Å². The van der Waals surface area contributed by atoms with Crippen LogP contribution in [0.1, 0.15) is 20.3 Å². The van der Waals surface area contributed by atoms with Crippen molar-refractivity contribution in [3.63, 3.8) is 0 Å². The van der Waals surface area contributed by atoms with E-state index < -0.39 is 0 Å². The zero-order valence-corrected chi connectivity index (χ0v) is 10.6. The van der Waals surface area contributed by atoms with Gasteiger partial charge in [-0.3, -0.25) is 4.79 Å². The number of aryl methyl sites for hydroxylation is 1.